The van der Waals surface area contributed by atoms with E-state index in [2.05, 4.69) is 50.8 Å². The van der Waals surface area contributed by atoms with Gasteiger partial charge in [-0.2, -0.15) is 0 Å². The summed E-state index contributed by atoms with van der Waals surface area (Å²) in [6.07, 6.45) is 3.66. The fraction of sp³-hybridized carbons (Fsp3) is 0.133. The molecule has 1 N–H and O–H groups in total. The van der Waals surface area contributed by atoms with E-state index in [1.165, 1.54) is 11.1 Å². The third-order valence-corrected chi connectivity index (χ3v) is 3.71. The summed E-state index contributed by atoms with van der Waals surface area (Å²) < 4.78 is 0. The Kier molecular flexibility index (Phi) is 3.69. The maximum absolute atomic E-state index is 4.14. The lowest BCUT2D eigenvalue weighted by atomic mass is 10.1. The lowest BCUT2D eigenvalue weighted by Gasteiger charge is -2.05. The summed E-state index contributed by atoms with van der Waals surface area (Å²) in [5.74, 6) is 0. The Morgan fingerprint density at radius 3 is 2.55 bits per heavy atom. The van der Waals surface area contributed by atoms with Gasteiger partial charge in [-0.15, -0.1) is 10.2 Å². The fourth-order valence-electron chi connectivity index (χ4n) is 1.89. The lowest BCUT2D eigenvalue weighted by molar-refractivity contribution is 1.02. The van der Waals surface area contributed by atoms with Crippen LogP contribution in [0.25, 0.3) is 11.1 Å². The van der Waals surface area contributed by atoms with E-state index in [1.54, 1.807) is 17.5 Å². The van der Waals surface area contributed by atoms with Crippen molar-refractivity contribution < 1.29 is 0 Å². The van der Waals surface area contributed by atoms with Gasteiger partial charge in [0.05, 0.1) is 0 Å². The van der Waals surface area contributed by atoms with Crippen molar-refractivity contribution in [3.8, 4) is 11.1 Å². The molecule has 0 aliphatic carbocycles. The second kappa shape index (κ2) is 5.79. The molecule has 0 spiro atoms. The number of pyridine rings is 1. The second-order valence-electron chi connectivity index (χ2n) is 4.42. The summed E-state index contributed by atoms with van der Waals surface area (Å²) >= 11 is 1.57. The van der Waals surface area contributed by atoms with Crippen LogP contribution in [-0.2, 0) is 6.54 Å². The topological polar surface area (TPSA) is 50.7 Å². The average Bonchev–Trinajstić information content (AvgIpc) is 2.92. The van der Waals surface area contributed by atoms with Crippen molar-refractivity contribution in [1.29, 1.82) is 0 Å². The molecular weight excluding hydrogens is 268 g/mol. The average molecular weight is 282 g/mol. The molecule has 3 rings (SSSR count). The molecule has 0 fully saturated rings. The SMILES string of the molecule is Cc1nnc(NCc2ccc(-c3cccnc3)cc2)s1. The predicted molar refractivity (Wildman–Crippen MR) is 81.6 cm³/mol. The number of aromatic nitrogens is 3. The predicted octanol–water partition coefficient (Wildman–Crippen LogP) is 3.52. The molecule has 0 saturated carbocycles. The Morgan fingerprint density at radius 2 is 1.90 bits per heavy atom. The maximum Gasteiger partial charge on any atom is 0.205 e. The zero-order chi connectivity index (χ0) is 13.8. The number of nitrogens with one attached hydrogen (secondary N) is 1. The molecule has 1 aromatic carbocycles. The minimum absolute atomic E-state index is 0.752. The van der Waals surface area contributed by atoms with Crippen LogP contribution < -0.4 is 5.32 Å². The van der Waals surface area contributed by atoms with Gasteiger partial charge in [0.25, 0.3) is 0 Å². The molecule has 0 saturated heterocycles. The Balaban J connectivity index is 1.67. The molecule has 4 nitrogen and oxygen atoms in total. The number of anilines is 1. The first-order valence-electron chi connectivity index (χ1n) is 6.34. The second-order valence-corrected chi connectivity index (χ2v) is 5.60. The smallest absolute Gasteiger partial charge is 0.205 e. The molecule has 0 aliphatic heterocycles. The highest BCUT2D eigenvalue weighted by molar-refractivity contribution is 7.15. The van der Waals surface area contributed by atoms with Gasteiger partial charge >= 0.3 is 0 Å². The van der Waals surface area contributed by atoms with Crippen LogP contribution in [0.3, 0.4) is 0 Å². The van der Waals surface area contributed by atoms with Crippen molar-refractivity contribution >= 4 is 16.5 Å². The maximum atomic E-state index is 4.14. The molecule has 0 amide bonds. The van der Waals surface area contributed by atoms with Crippen molar-refractivity contribution in [2.45, 2.75) is 13.5 Å². The van der Waals surface area contributed by atoms with E-state index >= 15 is 0 Å². The van der Waals surface area contributed by atoms with Crippen LogP contribution >= 0.6 is 11.3 Å². The third-order valence-electron chi connectivity index (χ3n) is 2.92. The Labute approximate surface area is 121 Å². The minimum Gasteiger partial charge on any atom is -0.356 e. The molecule has 2 heterocycles. The van der Waals surface area contributed by atoms with Crippen LogP contribution in [-0.4, -0.2) is 15.2 Å². The van der Waals surface area contributed by atoms with E-state index < -0.39 is 0 Å². The van der Waals surface area contributed by atoms with Gasteiger partial charge in [0.2, 0.25) is 5.13 Å². The molecular formula is C15H14N4S. The number of rotatable bonds is 4. The quantitative estimate of drug-likeness (QED) is 0.795. The first kappa shape index (κ1) is 12.7. The van der Waals surface area contributed by atoms with E-state index in [4.69, 9.17) is 0 Å². The number of nitrogens with zero attached hydrogens (tertiary/aromatic N) is 3. The number of hydrogen-bond donors (Lipinski definition) is 1. The van der Waals surface area contributed by atoms with Gasteiger partial charge in [-0.25, -0.2) is 0 Å². The lowest BCUT2D eigenvalue weighted by Crippen LogP contribution is -1.98. The summed E-state index contributed by atoms with van der Waals surface area (Å²) in [5, 5.41) is 13.1. The van der Waals surface area contributed by atoms with Gasteiger partial charge in [-0.3, -0.25) is 4.98 Å². The molecule has 0 aliphatic rings. The summed E-state index contributed by atoms with van der Waals surface area (Å²) in [5.41, 5.74) is 3.52. The van der Waals surface area contributed by atoms with Gasteiger partial charge in [0, 0.05) is 18.9 Å². The molecule has 20 heavy (non-hydrogen) atoms. The molecule has 3 aromatic rings. The largest absolute Gasteiger partial charge is 0.356 e. The van der Waals surface area contributed by atoms with Gasteiger partial charge in [0.15, 0.2) is 0 Å². The minimum atomic E-state index is 0.752. The van der Waals surface area contributed by atoms with Crippen molar-refractivity contribution in [3.63, 3.8) is 0 Å². The normalized spacial score (nSPS) is 10.4. The molecule has 0 bridgehead atoms. The van der Waals surface area contributed by atoms with Crippen LogP contribution in [0.2, 0.25) is 0 Å². The highest BCUT2D eigenvalue weighted by Gasteiger charge is 2.01. The van der Waals surface area contributed by atoms with Gasteiger partial charge < -0.3 is 5.32 Å². The molecule has 2 aromatic heterocycles. The van der Waals surface area contributed by atoms with Crippen molar-refractivity contribution in [1.82, 2.24) is 15.2 Å². The monoisotopic (exact) mass is 282 g/mol. The van der Waals surface area contributed by atoms with Gasteiger partial charge in [-0.05, 0) is 29.7 Å². The summed E-state index contributed by atoms with van der Waals surface area (Å²) in [4.78, 5) is 4.14. The number of benzene rings is 1. The van der Waals surface area contributed by atoms with Gasteiger partial charge in [0.1, 0.15) is 5.01 Å². The highest BCUT2D eigenvalue weighted by Crippen LogP contribution is 2.19. The first-order chi connectivity index (χ1) is 9.81. The zero-order valence-electron chi connectivity index (χ0n) is 11.1. The summed E-state index contributed by atoms with van der Waals surface area (Å²) in [6.45, 7) is 2.70. The Hall–Kier alpha value is -2.27. The van der Waals surface area contributed by atoms with Crippen LogP contribution in [0, 0.1) is 6.92 Å². The molecule has 0 atom stereocenters. The molecule has 0 radical (unpaired) electrons. The zero-order valence-corrected chi connectivity index (χ0v) is 11.9. The van der Waals surface area contributed by atoms with Crippen molar-refractivity contribution in [3.05, 3.63) is 59.4 Å². The van der Waals surface area contributed by atoms with Gasteiger partial charge in [-0.1, -0.05) is 41.7 Å². The van der Waals surface area contributed by atoms with Crippen molar-refractivity contribution in [2.24, 2.45) is 0 Å². The van der Waals surface area contributed by atoms with E-state index in [1.807, 2.05) is 19.2 Å². The van der Waals surface area contributed by atoms with Crippen LogP contribution in [0.5, 0.6) is 0 Å². The van der Waals surface area contributed by atoms with Crippen LogP contribution in [0.4, 0.5) is 5.13 Å². The van der Waals surface area contributed by atoms with Crippen LogP contribution in [0.15, 0.2) is 48.8 Å². The summed E-state index contributed by atoms with van der Waals surface area (Å²) in [6, 6.07) is 12.5. The van der Waals surface area contributed by atoms with E-state index in [-0.39, 0.29) is 0 Å². The standard InChI is InChI=1S/C15H14N4S/c1-11-18-19-15(20-11)17-9-12-4-6-13(7-5-12)14-3-2-8-16-10-14/h2-8,10H,9H2,1H3,(H,17,19). The Bertz CT molecular complexity index is 677. The fourth-order valence-corrected chi connectivity index (χ4v) is 2.48. The van der Waals surface area contributed by atoms with E-state index in [9.17, 15) is 0 Å². The van der Waals surface area contributed by atoms with E-state index in [0.29, 0.717) is 0 Å². The third kappa shape index (κ3) is 3.00. The molecule has 5 heteroatoms. The molecule has 0 unspecified atom stereocenters. The molecule has 100 valence electrons. The van der Waals surface area contributed by atoms with Crippen molar-refractivity contribution in [2.75, 3.05) is 5.32 Å². The van der Waals surface area contributed by atoms with Crippen LogP contribution in [0.1, 0.15) is 10.6 Å². The Morgan fingerprint density at radius 1 is 1.05 bits per heavy atom. The summed E-state index contributed by atoms with van der Waals surface area (Å²) in [7, 11) is 0. The number of hydrogen-bond acceptors (Lipinski definition) is 5. The highest BCUT2D eigenvalue weighted by atomic mass is 32.1. The van der Waals surface area contributed by atoms with E-state index in [0.717, 1.165) is 22.2 Å². The number of aryl methyl sites for hydroxylation is 1. The first-order valence-corrected chi connectivity index (χ1v) is 7.16.